The van der Waals surface area contributed by atoms with Gasteiger partial charge >= 0.3 is 0 Å². The third-order valence-electron chi connectivity index (χ3n) is 4.53. The third kappa shape index (κ3) is 3.78. The zero-order valence-corrected chi connectivity index (χ0v) is 17.2. The number of nitrogens with two attached hydrogens (primary N) is 1. The van der Waals surface area contributed by atoms with Crippen LogP contribution in [0.3, 0.4) is 0 Å². The molecule has 9 heteroatoms. The standard InChI is InChI=1S/C19H16ClN5OS2/c20-13-7-11(6-5-10(13)8-21)23-15(26)9-27-19-24-17(22)16-12-3-1-2-4-14(12)28-18(16)25-19/h5-7H,1-4,9H2,(H,23,26)(H2,22,24,25). The van der Waals surface area contributed by atoms with E-state index < -0.39 is 0 Å². The van der Waals surface area contributed by atoms with Crippen LogP contribution in [0.25, 0.3) is 10.2 Å². The Balaban J connectivity index is 1.46. The van der Waals surface area contributed by atoms with Crippen LogP contribution in [0.5, 0.6) is 0 Å². The number of thiophene rings is 1. The lowest BCUT2D eigenvalue weighted by atomic mass is 9.97. The number of benzene rings is 1. The van der Waals surface area contributed by atoms with Crippen LogP contribution in [0.1, 0.15) is 28.8 Å². The highest BCUT2D eigenvalue weighted by atomic mass is 35.5. The molecule has 6 nitrogen and oxygen atoms in total. The van der Waals surface area contributed by atoms with Gasteiger partial charge in [-0.3, -0.25) is 4.79 Å². The maximum atomic E-state index is 12.2. The molecule has 28 heavy (non-hydrogen) atoms. The maximum Gasteiger partial charge on any atom is 0.234 e. The molecule has 1 amide bonds. The van der Waals surface area contributed by atoms with Gasteiger partial charge in [-0.1, -0.05) is 23.4 Å². The predicted octanol–water partition coefficient (Wildman–Crippen LogP) is 4.41. The number of anilines is 2. The Morgan fingerprint density at radius 1 is 1.36 bits per heavy atom. The Bertz CT molecular complexity index is 1120. The molecular formula is C19H16ClN5OS2. The molecule has 3 N–H and O–H groups in total. The molecule has 1 aliphatic rings. The van der Waals surface area contributed by atoms with Gasteiger partial charge in [0.25, 0.3) is 0 Å². The number of nitrogens with one attached hydrogen (secondary N) is 1. The van der Waals surface area contributed by atoms with Gasteiger partial charge in [0.15, 0.2) is 5.16 Å². The van der Waals surface area contributed by atoms with E-state index in [1.807, 2.05) is 6.07 Å². The molecule has 0 aliphatic heterocycles. The van der Waals surface area contributed by atoms with Crippen molar-refractivity contribution in [2.75, 3.05) is 16.8 Å². The first-order valence-corrected chi connectivity index (χ1v) is 10.9. The summed E-state index contributed by atoms with van der Waals surface area (Å²) in [6, 6.07) is 6.75. The number of hydrogen-bond acceptors (Lipinski definition) is 7. The second-order valence-corrected chi connectivity index (χ2v) is 8.86. The summed E-state index contributed by atoms with van der Waals surface area (Å²) in [7, 11) is 0. The number of amides is 1. The molecule has 0 atom stereocenters. The molecule has 2 aromatic heterocycles. The molecule has 0 spiro atoms. The van der Waals surface area contributed by atoms with E-state index in [4.69, 9.17) is 22.6 Å². The Kier molecular flexibility index (Phi) is 5.40. The summed E-state index contributed by atoms with van der Waals surface area (Å²) in [6.07, 6.45) is 4.49. The highest BCUT2D eigenvalue weighted by molar-refractivity contribution is 7.99. The smallest absolute Gasteiger partial charge is 0.234 e. The average molecular weight is 430 g/mol. The number of aromatic nitrogens is 2. The first-order chi connectivity index (χ1) is 13.5. The number of nitrogen functional groups attached to an aromatic ring is 1. The van der Waals surface area contributed by atoms with E-state index in [9.17, 15) is 4.79 Å². The molecule has 3 aromatic rings. The number of halogens is 1. The van der Waals surface area contributed by atoms with Crippen LogP contribution in [0.4, 0.5) is 11.5 Å². The summed E-state index contributed by atoms with van der Waals surface area (Å²) in [6.45, 7) is 0. The van der Waals surface area contributed by atoms with Crippen LogP contribution in [0.2, 0.25) is 5.02 Å². The van der Waals surface area contributed by atoms with Crippen LogP contribution in [-0.4, -0.2) is 21.6 Å². The fourth-order valence-electron chi connectivity index (χ4n) is 3.24. The number of nitriles is 1. The van der Waals surface area contributed by atoms with Crippen molar-refractivity contribution in [3.8, 4) is 6.07 Å². The molecule has 142 valence electrons. The number of carbonyl (C=O) groups excluding carboxylic acids is 1. The fraction of sp³-hybridized carbons (Fsp3) is 0.263. The Hall–Kier alpha value is -2.34. The van der Waals surface area contributed by atoms with Gasteiger partial charge in [-0.25, -0.2) is 9.97 Å². The molecule has 1 aromatic carbocycles. The Morgan fingerprint density at radius 3 is 2.96 bits per heavy atom. The molecule has 0 fully saturated rings. The van der Waals surface area contributed by atoms with E-state index in [2.05, 4.69) is 15.3 Å². The largest absolute Gasteiger partial charge is 0.383 e. The van der Waals surface area contributed by atoms with E-state index in [1.165, 1.54) is 35.0 Å². The molecular weight excluding hydrogens is 414 g/mol. The molecule has 0 saturated heterocycles. The van der Waals surface area contributed by atoms with E-state index in [0.717, 1.165) is 23.1 Å². The van der Waals surface area contributed by atoms with Gasteiger partial charge in [-0.2, -0.15) is 5.26 Å². The summed E-state index contributed by atoms with van der Waals surface area (Å²) in [5.74, 6) is 0.429. The van der Waals surface area contributed by atoms with E-state index >= 15 is 0 Å². The van der Waals surface area contributed by atoms with Crippen LogP contribution < -0.4 is 11.1 Å². The molecule has 1 aliphatic carbocycles. The molecule has 4 rings (SSSR count). The second-order valence-electron chi connectivity index (χ2n) is 6.43. The Morgan fingerprint density at radius 2 is 2.18 bits per heavy atom. The van der Waals surface area contributed by atoms with Crippen molar-refractivity contribution in [1.29, 1.82) is 5.26 Å². The minimum absolute atomic E-state index is 0.146. The monoisotopic (exact) mass is 429 g/mol. The van der Waals surface area contributed by atoms with Gasteiger partial charge in [0.1, 0.15) is 16.7 Å². The van der Waals surface area contributed by atoms with E-state index in [0.29, 0.717) is 27.2 Å². The zero-order valence-electron chi connectivity index (χ0n) is 14.8. The second kappa shape index (κ2) is 7.95. The highest BCUT2D eigenvalue weighted by Gasteiger charge is 2.20. The lowest BCUT2D eigenvalue weighted by molar-refractivity contribution is -0.113. The first-order valence-electron chi connectivity index (χ1n) is 8.75. The molecule has 0 unspecified atom stereocenters. The van der Waals surface area contributed by atoms with Crippen molar-refractivity contribution in [1.82, 2.24) is 9.97 Å². The quantitative estimate of drug-likeness (QED) is 0.470. The minimum Gasteiger partial charge on any atom is -0.383 e. The van der Waals surface area contributed by atoms with Crippen molar-refractivity contribution < 1.29 is 4.79 Å². The molecule has 0 saturated carbocycles. The number of nitrogens with zero attached hydrogens (tertiary/aromatic N) is 3. The SMILES string of the molecule is N#Cc1ccc(NC(=O)CSc2nc(N)c3c4c(sc3n2)CCCC4)cc1Cl. The molecule has 0 bridgehead atoms. The number of carbonyl (C=O) groups is 1. The van der Waals surface area contributed by atoms with Gasteiger partial charge in [0.2, 0.25) is 5.91 Å². The topological polar surface area (TPSA) is 105 Å². The predicted molar refractivity (Wildman–Crippen MR) is 114 cm³/mol. The number of hydrogen-bond donors (Lipinski definition) is 2. The summed E-state index contributed by atoms with van der Waals surface area (Å²) < 4.78 is 0. The Labute approximate surface area is 175 Å². The number of thioether (sulfide) groups is 1. The summed E-state index contributed by atoms with van der Waals surface area (Å²) in [5.41, 5.74) is 8.41. The maximum absolute atomic E-state index is 12.2. The summed E-state index contributed by atoms with van der Waals surface area (Å²) in [5, 5.41) is 13.4. The van der Waals surface area contributed by atoms with Crippen LogP contribution in [-0.2, 0) is 17.6 Å². The highest BCUT2D eigenvalue weighted by Crippen LogP contribution is 2.38. The van der Waals surface area contributed by atoms with Gasteiger partial charge in [0.05, 0.1) is 21.7 Å². The van der Waals surface area contributed by atoms with E-state index in [1.54, 1.807) is 29.5 Å². The third-order valence-corrected chi connectivity index (χ3v) is 6.87. The van der Waals surface area contributed by atoms with Gasteiger partial charge in [0, 0.05) is 10.6 Å². The fourth-order valence-corrected chi connectivity index (χ4v) is 5.44. The van der Waals surface area contributed by atoms with Crippen molar-refractivity contribution in [3.63, 3.8) is 0 Å². The van der Waals surface area contributed by atoms with Crippen molar-refractivity contribution in [2.24, 2.45) is 0 Å². The lowest BCUT2D eigenvalue weighted by Crippen LogP contribution is -2.14. The van der Waals surface area contributed by atoms with Gasteiger partial charge < -0.3 is 11.1 Å². The average Bonchev–Trinajstić information content (AvgIpc) is 3.05. The van der Waals surface area contributed by atoms with Gasteiger partial charge in [-0.05, 0) is 49.4 Å². The van der Waals surface area contributed by atoms with Crippen molar-refractivity contribution >= 4 is 62.3 Å². The lowest BCUT2D eigenvalue weighted by Gasteiger charge is -2.10. The van der Waals surface area contributed by atoms with Crippen LogP contribution in [0.15, 0.2) is 23.4 Å². The summed E-state index contributed by atoms with van der Waals surface area (Å²) in [4.78, 5) is 23.5. The van der Waals surface area contributed by atoms with Gasteiger partial charge in [-0.15, -0.1) is 11.3 Å². The van der Waals surface area contributed by atoms with Crippen LogP contribution >= 0.6 is 34.7 Å². The number of fused-ring (bicyclic) bond motifs is 3. The number of rotatable bonds is 4. The summed E-state index contributed by atoms with van der Waals surface area (Å²) >= 11 is 8.92. The number of aryl methyl sites for hydroxylation is 2. The van der Waals surface area contributed by atoms with Crippen molar-refractivity contribution in [2.45, 2.75) is 30.8 Å². The minimum atomic E-state index is -0.210. The van der Waals surface area contributed by atoms with Crippen molar-refractivity contribution in [3.05, 3.63) is 39.2 Å². The first kappa shape index (κ1) is 19.0. The molecule has 2 heterocycles. The van der Waals surface area contributed by atoms with Crippen LogP contribution in [0, 0.1) is 11.3 Å². The zero-order chi connectivity index (χ0) is 19.7. The molecule has 0 radical (unpaired) electrons. The van der Waals surface area contributed by atoms with E-state index in [-0.39, 0.29) is 11.7 Å². The normalized spacial score (nSPS) is 13.1.